The lowest BCUT2D eigenvalue weighted by molar-refractivity contribution is 0.780. The van der Waals surface area contributed by atoms with Gasteiger partial charge >= 0.3 is 0 Å². The average Bonchev–Trinajstić information content (AvgIpc) is 2.56. The van der Waals surface area contributed by atoms with Gasteiger partial charge in [0.15, 0.2) is 0 Å². The molecule has 0 heterocycles. The van der Waals surface area contributed by atoms with Crippen LogP contribution in [0.2, 0.25) is 6.04 Å². The molecule has 0 radical (unpaired) electrons. The summed E-state index contributed by atoms with van der Waals surface area (Å²) in [5.41, 5.74) is 2.53. The summed E-state index contributed by atoms with van der Waals surface area (Å²) in [6.45, 7) is 3.89. The predicted molar refractivity (Wildman–Crippen MR) is 97.0 cm³/mol. The predicted octanol–water partition coefficient (Wildman–Crippen LogP) is 3.32. The molecule has 21 heavy (non-hydrogen) atoms. The van der Waals surface area contributed by atoms with Crippen molar-refractivity contribution >= 4 is 20.9 Å². The maximum absolute atomic E-state index is 3.89. The number of nitrogens with zero attached hydrogens (tertiary/aromatic N) is 2. The fourth-order valence-electron chi connectivity index (χ4n) is 2.58. The number of hydrogen-bond donors (Lipinski definition) is 0. The van der Waals surface area contributed by atoms with Gasteiger partial charge in [-0.05, 0) is 30.3 Å². The van der Waals surface area contributed by atoms with Gasteiger partial charge in [0.25, 0.3) is 0 Å². The third-order valence-corrected chi connectivity index (χ3v) is 6.20. The Balaban J connectivity index is 2.23. The molecule has 0 amide bonds. The fraction of sp³-hybridized carbons (Fsp3) is 0.222. The average molecular weight is 296 g/mol. The van der Waals surface area contributed by atoms with Gasteiger partial charge in [0.1, 0.15) is 0 Å². The molecule has 0 saturated heterocycles. The van der Waals surface area contributed by atoms with Crippen LogP contribution in [0.1, 0.15) is 0 Å². The number of anilines is 2. The number of rotatable bonds is 7. The van der Waals surface area contributed by atoms with Crippen molar-refractivity contribution in [2.75, 3.05) is 23.9 Å². The molecule has 2 rings (SSSR count). The van der Waals surface area contributed by atoms with Gasteiger partial charge in [0, 0.05) is 25.5 Å². The Hall–Kier alpha value is -2.00. The molecule has 0 fully saturated rings. The molecule has 2 aromatic rings. The first-order valence-corrected chi connectivity index (χ1v) is 9.22. The quantitative estimate of drug-likeness (QED) is 0.439. The Labute approximate surface area is 130 Å². The second kappa shape index (κ2) is 7.69. The molecule has 2 aromatic carbocycles. The van der Waals surface area contributed by atoms with E-state index in [1.807, 2.05) is 0 Å². The van der Waals surface area contributed by atoms with E-state index in [-0.39, 0.29) is 9.52 Å². The normalized spacial score (nSPS) is 11.0. The van der Waals surface area contributed by atoms with Crippen LogP contribution < -0.4 is 9.80 Å². The van der Waals surface area contributed by atoms with Crippen molar-refractivity contribution < 1.29 is 0 Å². The van der Waals surface area contributed by atoms with Crippen LogP contribution in [0.15, 0.2) is 73.3 Å². The lowest BCUT2D eigenvalue weighted by Gasteiger charge is -2.38. The zero-order valence-electron chi connectivity index (χ0n) is 12.9. The van der Waals surface area contributed by atoms with Crippen molar-refractivity contribution in [3.8, 4) is 0 Å². The van der Waals surface area contributed by atoms with Gasteiger partial charge in [-0.25, -0.2) is 0 Å². The molecule has 0 saturated carbocycles. The summed E-state index contributed by atoms with van der Waals surface area (Å²) in [4.78, 5) is 4.78. The van der Waals surface area contributed by atoms with Crippen LogP contribution in [0.25, 0.3) is 0 Å². The van der Waals surface area contributed by atoms with Crippen LogP contribution >= 0.6 is 0 Å². The second-order valence-electron chi connectivity index (χ2n) is 5.24. The Bertz CT molecular complexity index is 496. The first kappa shape index (κ1) is 15.4. The van der Waals surface area contributed by atoms with Gasteiger partial charge in [-0.1, -0.05) is 42.5 Å². The van der Waals surface area contributed by atoms with Gasteiger partial charge in [-0.3, -0.25) is 0 Å². The van der Waals surface area contributed by atoms with Gasteiger partial charge in [0.2, 0.25) is 0 Å². The fourth-order valence-corrected chi connectivity index (χ4v) is 4.31. The van der Waals surface area contributed by atoms with Crippen LogP contribution in [-0.4, -0.2) is 29.4 Å². The smallest absolute Gasteiger partial charge is 0.0815 e. The minimum atomic E-state index is -0.323. The van der Waals surface area contributed by atoms with E-state index < -0.39 is 0 Å². The van der Waals surface area contributed by atoms with E-state index in [0.29, 0.717) is 5.79 Å². The third kappa shape index (κ3) is 3.98. The first-order chi connectivity index (χ1) is 10.2. The summed E-state index contributed by atoms with van der Waals surface area (Å²) in [5, 5.41) is 0. The molecular weight excluding hydrogens is 272 g/mol. The molecule has 0 aliphatic heterocycles. The van der Waals surface area contributed by atoms with Crippen molar-refractivity contribution in [1.82, 2.24) is 0 Å². The molecule has 0 atom stereocenters. The molecule has 2 nitrogen and oxygen atoms in total. The molecule has 0 aliphatic carbocycles. The minimum absolute atomic E-state index is 0.323. The number of allylic oxidation sites excluding steroid dienone is 1. The Morgan fingerprint density at radius 1 is 0.905 bits per heavy atom. The van der Waals surface area contributed by atoms with E-state index in [1.54, 1.807) is 0 Å². The van der Waals surface area contributed by atoms with Gasteiger partial charge < -0.3 is 9.80 Å². The zero-order chi connectivity index (χ0) is 15.1. The largest absolute Gasteiger partial charge is 0.358 e. The van der Waals surface area contributed by atoms with E-state index in [4.69, 9.17) is 0 Å². The SMILES string of the molecule is C=CC[SiH2]C(N(C)c1ccccc1)N(C)c1ccccc1. The van der Waals surface area contributed by atoms with Gasteiger partial charge in [-0.2, -0.15) is 0 Å². The van der Waals surface area contributed by atoms with Crippen molar-refractivity contribution in [3.05, 3.63) is 73.3 Å². The summed E-state index contributed by atoms with van der Waals surface area (Å²) in [7, 11) is 4.06. The molecule has 0 bridgehead atoms. The Morgan fingerprint density at radius 3 is 1.71 bits per heavy atom. The molecule has 0 N–H and O–H groups in total. The van der Waals surface area contributed by atoms with Crippen LogP contribution in [-0.2, 0) is 0 Å². The van der Waals surface area contributed by atoms with Crippen LogP contribution in [0.5, 0.6) is 0 Å². The standard InChI is InChI=1S/C18H24N2Si/c1-4-15-21-18(19(2)16-11-7-5-8-12-16)20(3)17-13-9-6-10-14-17/h4-14,18H,1,15,21H2,2-3H3. The Kier molecular flexibility index (Phi) is 5.64. The second-order valence-corrected chi connectivity index (χ2v) is 7.12. The van der Waals surface area contributed by atoms with Gasteiger partial charge in [0.05, 0.1) is 15.3 Å². The van der Waals surface area contributed by atoms with E-state index in [0.717, 1.165) is 6.04 Å². The van der Waals surface area contributed by atoms with Crippen molar-refractivity contribution in [2.24, 2.45) is 0 Å². The Morgan fingerprint density at radius 2 is 1.33 bits per heavy atom. The highest BCUT2D eigenvalue weighted by molar-refractivity contribution is 6.40. The van der Waals surface area contributed by atoms with Crippen LogP contribution in [0, 0.1) is 0 Å². The topological polar surface area (TPSA) is 6.48 Å². The van der Waals surface area contributed by atoms with Crippen molar-refractivity contribution in [3.63, 3.8) is 0 Å². The van der Waals surface area contributed by atoms with Crippen molar-refractivity contribution in [1.29, 1.82) is 0 Å². The summed E-state index contributed by atoms with van der Waals surface area (Å²) < 4.78 is 0. The monoisotopic (exact) mass is 296 g/mol. The lowest BCUT2D eigenvalue weighted by atomic mass is 10.3. The number of hydrogen-bond acceptors (Lipinski definition) is 2. The molecule has 110 valence electrons. The lowest BCUT2D eigenvalue weighted by Crippen LogP contribution is -2.49. The molecule has 3 heteroatoms. The highest BCUT2D eigenvalue weighted by Gasteiger charge is 2.20. The van der Waals surface area contributed by atoms with Crippen LogP contribution in [0.4, 0.5) is 11.4 Å². The van der Waals surface area contributed by atoms with Crippen LogP contribution in [0.3, 0.4) is 0 Å². The van der Waals surface area contributed by atoms with Gasteiger partial charge in [-0.15, -0.1) is 6.58 Å². The van der Waals surface area contributed by atoms with E-state index >= 15 is 0 Å². The summed E-state index contributed by atoms with van der Waals surface area (Å²) >= 11 is 0. The first-order valence-electron chi connectivity index (χ1n) is 7.40. The molecular formula is C18H24N2Si. The highest BCUT2D eigenvalue weighted by atomic mass is 28.2. The highest BCUT2D eigenvalue weighted by Crippen LogP contribution is 2.21. The summed E-state index contributed by atoms with van der Waals surface area (Å²) in [5.74, 6) is 0.438. The van der Waals surface area contributed by atoms with E-state index in [2.05, 4.69) is 97.2 Å². The third-order valence-electron chi connectivity index (χ3n) is 3.85. The molecule has 0 aliphatic rings. The maximum atomic E-state index is 3.89. The maximum Gasteiger partial charge on any atom is 0.0815 e. The van der Waals surface area contributed by atoms with E-state index in [1.165, 1.54) is 11.4 Å². The zero-order valence-corrected chi connectivity index (χ0v) is 14.4. The molecule has 0 spiro atoms. The van der Waals surface area contributed by atoms with Crippen molar-refractivity contribution in [2.45, 2.75) is 11.8 Å². The number of para-hydroxylation sites is 2. The molecule has 0 aromatic heterocycles. The molecule has 0 unspecified atom stereocenters. The summed E-state index contributed by atoms with van der Waals surface area (Å²) in [6, 6.07) is 22.4. The minimum Gasteiger partial charge on any atom is -0.358 e. The number of benzene rings is 2. The van der Waals surface area contributed by atoms with E-state index in [9.17, 15) is 0 Å². The summed E-state index contributed by atoms with van der Waals surface area (Å²) in [6.07, 6.45) is 2.05.